The first-order valence-corrected chi connectivity index (χ1v) is 6.34. The molecule has 0 unspecified atom stereocenters. The van der Waals surface area contributed by atoms with E-state index in [2.05, 4.69) is 5.32 Å². The van der Waals surface area contributed by atoms with Crippen molar-refractivity contribution < 1.29 is 27.9 Å². The van der Waals surface area contributed by atoms with Gasteiger partial charge in [0.15, 0.2) is 0 Å². The Morgan fingerprint density at radius 3 is 2.29 bits per heavy atom. The highest BCUT2D eigenvalue weighted by molar-refractivity contribution is 5.78. The molecule has 0 spiro atoms. The molecule has 0 aliphatic heterocycles. The number of halogens is 3. The van der Waals surface area contributed by atoms with Crippen LogP contribution in [0.4, 0.5) is 13.2 Å². The Balaban J connectivity index is 2.79. The van der Waals surface area contributed by atoms with Gasteiger partial charge in [0, 0.05) is 6.42 Å². The van der Waals surface area contributed by atoms with E-state index in [9.17, 15) is 22.8 Å². The fraction of sp³-hybridized carbons (Fsp3) is 0.429. The average Bonchev–Trinajstić information content (AvgIpc) is 2.42. The Bertz CT molecular complexity index is 488. The van der Waals surface area contributed by atoms with E-state index in [0.29, 0.717) is 5.56 Å². The summed E-state index contributed by atoms with van der Waals surface area (Å²) in [6.07, 6.45) is -6.38. The number of rotatable bonds is 6. The summed E-state index contributed by atoms with van der Waals surface area (Å²) in [6.45, 7) is 1.39. The summed E-state index contributed by atoms with van der Waals surface area (Å²) < 4.78 is 36.3. The normalized spacial score (nSPS) is 14.3. The van der Waals surface area contributed by atoms with E-state index in [1.165, 1.54) is 6.92 Å². The van der Waals surface area contributed by atoms with E-state index in [4.69, 9.17) is 5.11 Å². The number of amides is 1. The van der Waals surface area contributed by atoms with E-state index in [-0.39, 0.29) is 0 Å². The highest BCUT2D eigenvalue weighted by atomic mass is 19.4. The van der Waals surface area contributed by atoms with Crippen LogP contribution in [-0.2, 0) is 9.59 Å². The number of hydrogen-bond acceptors (Lipinski definition) is 2. The molecule has 0 aromatic heterocycles. The second-order valence-corrected chi connectivity index (χ2v) is 4.70. The summed E-state index contributed by atoms with van der Waals surface area (Å²) >= 11 is 0. The Hall–Kier alpha value is -2.05. The molecule has 0 aliphatic carbocycles. The maximum absolute atomic E-state index is 12.1. The number of carboxylic acids is 1. The van der Waals surface area contributed by atoms with E-state index in [1.54, 1.807) is 30.3 Å². The Morgan fingerprint density at radius 2 is 1.81 bits per heavy atom. The summed E-state index contributed by atoms with van der Waals surface area (Å²) in [5.74, 6) is -2.92. The zero-order chi connectivity index (χ0) is 16.0. The van der Waals surface area contributed by atoms with Crippen molar-refractivity contribution in [3.05, 3.63) is 35.9 Å². The molecule has 0 fully saturated rings. The van der Waals surface area contributed by atoms with Gasteiger partial charge >= 0.3 is 12.1 Å². The molecule has 0 saturated carbocycles. The number of carboxylic acid groups (broad SMARTS) is 1. The van der Waals surface area contributed by atoms with Crippen molar-refractivity contribution in [2.45, 2.75) is 32.0 Å². The topological polar surface area (TPSA) is 66.4 Å². The predicted molar refractivity (Wildman–Crippen MR) is 69.4 cm³/mol. The van der Waals surface area contributed by atoms with E-state index >= 15 is 0 Å². The number of hydrogen-bond donors (Lipinski definition) is 2. The number of aliphatic carboxylic acids is 1. The van der Waals surface area contributed by atoms with E-state index in [0.717, 1.165) is 0 Å². The quantitative estimate of drug-likeness (QED) is 0.849. The minimum absolute atomic E-state index is 0.535. The first-order valence-electron chi connectivity index (χ1n) is 6.34. The molecule has 2 N–H and O–H groups in total. The predicted octanol–water partition coefficient (Wildman–Crippen LogP) is 2.91. The van der Waals surface area contributed by atoms with Crippen molar-refractivity contribution in [3.63, 3.8) is 0 Å². The van der Waals surface area contributed by atoms with Crippen molar-refractivity contribution in [1.82, 2.24) is 5.32 Å². The zero-order valence-corrected chi connectivity index (χ0v) is 11.4. The second kappa shape index (κ2) is 7.10. The third-order valence-electron chi connectivity index (χ3n) is 3.00. The lowest BCUT2D eigenvalue weighted by Crippen LogP contribution is -2.36. The van der Waals surface area contributed by atoms with Crippen LogP contribution in [0.3, 0.4) is 0 Å². The van der Waals surface area contributed by atoms with Gasteiger partial charge in [0.2, 0.25) is 5.91 Å². The molecular formula is C14H16F3NO3. The van der Waals surface area contributed by atoms with Crippen molar-refractivity contribution in [1.29, 1.82) is 0 Å². The zero-order valence-electron chi connectivity index (χ0n) is 11.4. The molecule has 0 aliphatic rings. The van der Waals surface area contributed by atoms with Crippen LogP contribution in [0.2, 0.25) is 0 Å². The van der Waals surface area contributed by atoms with Crippen LogP contribution < -0.4 is 5.32 Å². The van der Waals surface area contributed by atoms with Crippen LogP contribution in [0.15, 0.2) is 30.3 Å². The van der Waals surface area contributed by atoms with Gasteiger partial charge in [0.05, 0.1) is 18.4 Å². The maximum Gasteiger partial charge on any atom is 0.389 e. The number of benzene rings is 1. The molecule has 0 heterocycles. The minimum atomic E-state index is -4.42. The van der Waals surface area contributed by atoms with Gasteiger partial charge in [-0.3, -0.25) is 9.59 Å². The second-order valence-electron chi connectivity index (χ2n) is 4.70. The SMILES string of the molecule is C[C@H](C(=O)O)[C@@H](NC(=O)CCC(F)(F)F)c1ccccc1. The smallest absolute Gasteiger partial charge is 0.389 e. The monoisotopic (exact) mass is 303 g/mol. The summed E-state index contributed by atoms with van der Waals surface area (Å²) in [5.41, 5.74) is 0.535. The van der Waals surface area contributed by atoms with Gasteiger partial charge in [-0.25, -0.2) is 0 Å². The fourth-order valence-corrected chi connectivity index (χ4v) is 1.80. The highest BCUT2D eigenvalue weighted by Crippen LogP contribution is 2.24. The summed E-state index contributed by atoms with van der Waals surface area (Å²) in [5, 5.41) is 11.4. The molecule has 1 amide bonds. The largest absolute Gasteiger partial charge is 0.481 e. The third-order valence-corrected chi connectivity index (χ3v) is 3.00. The number of alkyl halides is 3. The molecule has 1 rings (SSSR count). The molecule has 4 nitrogen and oxygen atoms in total. The van der Waals surface area contributed by atoms with Crippen molar-refractivity contribution in [2.75, 3.05) is 0 Å². The maximum atomic E-state index is 12.1. The first-order chi connectivity index (χ1) is 9.70. The van der Waals surface area contributed by atoms with Crippen LogP contribution in [0.1, 0.15) is 31.4 Å². The molecule has 21 heavy (non-hydrogen) atoms. The molecule has 116 valence electrons. The van der Waals surface area contributed by atoms with Gasteiger partial charge < -0.3 is 10.4 Å². The Labute approximate surface area is 120 Å². The lowest BCUT2D eigenvalue weighted by Gasteiger charge is -2.23. The minimum Gasteiger partial charge on any atom is -0.481 e. The van der Waals surface area contributed by atoms with Crippen LogP contribution >= 0.6 is 0 Å². The van der Waals surface area contributed by atoms with Crippen molar-refractivity contribution in [3.8, 4) is 0 Å². The molecule has 1 aromatic rings. The molecule has 7 heteroatoms. The van der Waals surface area contributed by atoms with Gasteiger partial charge in [-0.2, -0.15) is 13.2 Å². The Kier molecular flexibility index (Phi) is 5.75. The van der Waals surface area contributed by atoms with Crippen LogP contribution in [-0.4, -0.2) is 23.2 Å². The number of carbonyl (C=O) groups is 2. The van der Waals surface area contributed by atoms with Crippen LogP contribution in [0.5, 0.6) is 0 Å². The summed E-state index contributed by atoms with van der Waals surface area (Å²) in [4.78, 5) is 22.7. The molecule has 0 bridgehead atoms. The standard InChI is InChI=1S/C14H16F3NO3/c1-9(13(20)21)12(10-5-3-2-4-6-10)18-11(19)7-8-14(15,16)17/h2-6,9,12H,7-8H2,1H3,(H,18,19)(H,20,21)/t9-,12+/m0/s1. The summed E-state index contributed by atoms with van der Waals surface area (Å²) in [7, 11) is 0. The third kappa shape index (κ3) is 5.85. The van der Waals surface area contributed by atoms with Crippen molar-refractivity contribution >= 4 is 11.9 Å². The first kappa shape index (κ1) is 17.0. The van der Waals surface area contributed by atoms with Gasteiger partial charge in [0.25, 0.3) is 0 Å². The lowest BCUT2D eigenvalue weighted by molar-refractivity contribution is -0.146. The van der Waals surface area contributed by atoms with E-state index in [1.807, 2.05) is 0 Å². The highest BCUT2D eigenvalue weighted by Gasteiger charge is 2.30. The van der Waals surface area contributed by atoms with Gasteiger partial charge in [0.1, 0.15) is 0 Å². The van der Waals surface area contributed by atoms with Gasteiger partial charge in [-0.05, 0) is 12.5 Å². The van der Waals surface area contributed by atoms with Crippen molar-refractivity contribution in [2.24, 2.45) is 5.92 Å². The Morgan fingerprint density at radius 1 is 1.24 bits per heavy atom. The molecule has 0 saturated heterocycles. The van der Waals surface area contributed by atoms with Crippen LogP contribution in [0.25, 0.3) is 0 Å². The van der Waals surface area contributed by atoms with Gasteiger partial charge in [-0.15, -0.1) is 0 Å². The van der Waals surface area contributed by atoms with Gasteiger partial charge in [-0.1, -0.05) is 30.3 Å². The molecular weight excluding hydrogens is 287 g/mol. The summed E-state index contributed by atoms with van der Waals surface area (Å²) in [6, 6.07) is 7.42. The number of nitrogens with one attached hydrogen (secondary N) is 1. The van der Waals surface area contributed by atoms with E-state index < -0.39 is 42.9 Å². The molecule has 1 aromatic carbocycles. The van der Waals surface area contributed by atoms with Crippen LogP contribution in [0, 0.1) is 5.92 Å². The number of carbonyl (C=O) groups excluding carboxylic acids is 1. The average molecular weight is 303 g/mol. The lowest BCUT2D eigenvalue weighted by atomic mass is 9.94. The molecule has 0 radical (unpaired) electrons. The molecule has 2 atom stereocenters. The fourth-order valence-electron chi connectivity index (χ4n) is 1.80.